The van der Waals surface area contributed by atoms with Gasteiger partial charge in [0, 0.05) is 10.0 Å². The first kappa shape index (κ1) is 33.3. The van der Waals surface area contributed by atoms with Gasteiger partial charge < -0.3 is 28.4 Å². The Morgan fingerprint density at radius 2 is 1.87 bits per heavy atom. The van der Waals surface area contributed by atoms with Crippen LogP contribution < -0.4 is 33.8 Å². The molecule has 0 aliphatic carbocycles. The number of carbonyl (C=O) groups is 2. The predicted octanol–water partition coefficient (Wildman–Crippen LogP) is 3.42. The third kappa shape index (κ3) is 7.21. The van der Waals surface area contributed by atoms with Gasteiger partial charge in [-0.1, -0.05) is 33.3 Å². The Bertz CT molecular complexity index is 1870. The van der Waals surface area contributed by atoms with Gasteiger partial charge in [-0.15, -0.1) is 0 Å². The third-order valence-electron chi connectivity index (χ3n) is 6.51. The van der Waals surface area contributed by atoms with Crippen LogP contribution >= 0.6 is 27.3 Å². The molecular formula is C31H30BrN3O9S. The predicted molar refractivity (Wildman–Crippen MR) is 167 cm³/mol. The van der Waals surface area contributed by atoms with E-state index in [9.17, 15) is 14.4 Å². The minimum absolute atomic E-state index is 0.118. The number of benzene rings is 2. The van der Waals surface area contributed by atoms with Crippen LogP contribution in [0.15, 0.2) is 55.9 Å². The van der Waals surface area contributed by atoms with Gasteiger partial charge in [0.05, 0.1) is 49.3 Å². The van der Waals surface area contributed by atoms with E-state index in [0.29, 0.717) is 42.1 Å². The van der Waals surface area contributed by atoms with Crippen LogP contribution in [0, 0.1) is 11.3 Å². The van der Waals surface area contributed by atoms with Crippen LogP contribution in [0.4, 0.5) is 0 Å². The summed E-state index contributed by atoms with van der Waals surface area (Å²) in [5.74, 6) is 0.0588. The summed E-state index contributed by atoms with van der Waals surface area (Å²) in [5.41, 5.74) is 1.16. The van der Waals surface area contributed by atoms with Crippen molar-refractivity contribution in [3.05, 3.63) is 76.9 Å². The van der Waals surface area contributed by atoms with Gasteiger partial charge in [0.25, 0.3) is 5.56 Å². The molecule has 0 saturated carbocycles. The number of thiazole rings is 1. The average molecular weight is 701 g/mol. The van der Waals surface area contributed by atoms with Gasteiger partial charge >= 0.3 is 11.9 Å². The maximum absolute atomic E-state index is 14.2. The molecule has 2 heterocycles. The molecule has 0 fully saturated rings. The number of hydrogen-bond donors (Lipinski definition) is 0. The largest absolute Gasteiger partial charge is 0.493 e. The van der Waals surface area contributed by atoms with Crippen molar-refractivity contribution in [3.8, 4) is 29.1 Å². The molecule has 0 spiro atoms. The van der Waals surface area contributed by atoms with Crippen molar-refractivity contribution in [3.63, 3.8) is 0 Å². The van der Waals surface area contributed by atoms with E-state index in [1.54, 1.807) is 57.2 Å². The van der Waals surface area contributed by atoms with E-state index in [2.05, 4.69) is 25.7 Å². The summed E-state index contributed by atoms with van der Waals surface area (Å²) in [5, 5.41) is 9.11. The molecule has 12 nitrogen and oxygen atoms in total. The van der Waals surface area contributed by atoms with Crippen molar-refractivity contribution in [2.75, 3.05) is 40.6 Å². The fourth-order valence-corrected chi connectivity index (χ4v) is 6.12. The van der Waals surface area contributed by atoms with Crippen LogP contribution in [0.3, 0.4) is 0 Å². The number of halogens is 1. The highest BCUT2D eigenvalue weighted by molar-refractivity contribution is 9.10. The summed E-state index contributed by atoms with van der Waals surface area (Å²) >= 11 is 4.58. The lowest BCUT2D eigenvalue weighted by Crippen LogP contribution is -2.40. The van der Waals surface area contributed by atoms with E-state index >= 15 is 0 Å². The number of carbonyl (C=O) groups excluding carboxylic acids is 2. The minimum atomic E-state index is -0.928. The lowest BCUT2D eigenvalue weighted by molar-refractivity contribution is -0.143. The molecule has 1 atom stereocenters. The van der Waals surface area contributed by atoms with Crippen LogP contribution in [-0.2, 0) is 19.1 Å². The highest BCUT2D eigenvalue weighted by atomic mass is 79.9. The maximum Gasteiger partial charge on any atom is 0.343 e. The maximum atomic E-state index is 14.2. The Balaban J connectivity index is 1.94. The van der Waals surface area contributed by atoms with Gasteiger partial charge in [0.2, 0.25) is 0 Å². The fourth-order valence-electron chi connectivity index (χ4n) is 4.63. The van der Waals surface area contributed by atoms with Crippen LogP contribution in [0.1, 0.15) is 37.9 Å². The molecule has 0 N–H and O–H groups in total. The smallest absolute Gasteiger partial charge is 0.343 e. The van der Waals surface area contributed by atoms with Crippen LogP contribution in [0.5, 0.6) is 23.0 Å². The van der Waals surface area contributed by atoms with Crippen LogP contribution in [-0.4, -0.2) is 57.2 Å². The molecule has 236 valence electrons. The minimum Gasteiger partial charge on any atom is -0.493 e. The summed E-state index contributed by atoms with van der Waals surface area (Å²) in [6.45, 7) is 5.00. The van der Waals surface area contributed by atoms with Crippen molar-refractivity contribution in [2.45, 2.75) is 26.8 Å². The molecule has 0 amide bonds. The number of aromatic nitrogens is 1. The molecule has 1 aromatic heterocycles. The number of rotatable bonds is 12. The Labute approximate surface area is 270 Å². The molecule has 1 aliphatic rings. The summed E-state index contributed by atoms with van der Waals surface area (Å²) in [4.78, 5) is 44.1. The van der Waals surface area contributed by atoms with E-state index in [4.69, 9.17) is 28.9 Å². The number of nitrogens with zero attached hydrogens (tertiary/aromatic N) is 3. The molecular weight excluding hydrogens is 670 g/mol. The Hall–Kier alpha value is -4.61. The van der Waals surface area contributed by atoms with Gasteiger partial charge in [0.15, 0.2) is 41.0 Å². The third-order valence-corrected chi connectivity index (χ3v) is 7.95. The Morgan fingerprint density at radius 3 is 2.53 bits per heavy atom. The lowest BCUT2D eigenvalue weighted by atomic mass is 9.95. The quantitative estimate of drug-likeness (QED) is 0.258. The Kier molecular flexibility index (Phi) is 11.0. The molecule has 0 bridgehead atoms. The van der Waals surface area contributed by atoms with Crippen molar-refractivity contribution in [1.82, 2.24) is 4.57 Å². The molecule has 14 heteroatoms. The highest BCUT2D eigenvalue weighted by Gasteiger charge is 2.34. The molecule has 0 unspecified atom stereocenters. The summed E-state index contributed by atoms with van der Waals surface area (Å²) in [7, 11) is 2.73. The SMILES string of the molecule is CCOC(=O)C1=C(C)N=c2s/c(=C/c3cc(Br)cc(OC)c3OCC#N)c(=O)n2[C@@H]1c1ccc(OCC(=O)OC)c(OCC)c1. The molecule has 3 aromatic rings. The second-order valence-electron chi connectivity index (χ2n) is 9.28. The monoisotopic (exact) mass is 699 g/mol. The van der Waals surface area contributed by atoms with E-state index in [0.717, 1.165) is 11.3 Å². The van der Waals surface area contributed by atoms with Gasteiger partial charge in [-0.2, -0.15) is 5.26 Å². The van der Waals surface area contributed by atoms with E-state index in [-0.39, 0.29) is 43.5 Å². The number of hydrogen-bond acceptors (Lipinski definition) is 12. The van der Waals surface area contributed by atoms with Crippen molar-refractivity contribution >= 4 is 45.3 Å². The van der Waals surface area contributed by atoms with Crippen LogP contribution in [0.25, 0.3) is 6.08 Å². The molecule has 0 saturated heterocycles. The number of nitriles is 1. The molecule has 45 heavy (non-hydrogen) atoms. The van der Waals surface area contributed by atoms with E-state index < -0.39 is 23.5 Å². The summed E-state index contributed by atoms with van der Waals surface area (Å²) < 4.78 is 35.0. The van der Waals surface area contributed by atoms with Crippen molar-refractivity contribution in [2.24, 2.45) is 4.99 Å². The van der Waals surface area contributed by atoms with Crippen LogP contribution in [0.2, 0.25) is 0 Å². The Morgan fingerprint density at radius 1 is 1.09 bits per heavy atom. The molecule has 2 aromatic carbocycles. The second kappa shape index (κ2) is 14.9. The number of esters is 2. The molecule has 4 rings (SSSR count). The summed E-state index contributed by atoms with van der Waals surface area (Å²) in [6.07, 6.45) is 1.62. The van der Waals surface area contributed by atoms with Gasteiger partial charge in [-0.05, 0) is 56.7 Å². The first-order chi connectivity index (χ1) is 21.7. The fraction of sp³-hybridized carbons (Fsp3) is 0.323. The van der Waals surface area contributed by atoms with Gasteiger partial charge in [0.1, 0.15) is 6.07 Å². The number of ether oxygens (including phenoxy) is 6. The standard InChI is InChI=1S/C31H30BrN3O9S/c1-6-41-22-13-18(8-9-21(22)44-16-25(36)40-5)27-26(30(38)42-7-2)17(3)34-31-35(27)29(37)24(45-31)14-19-12-20(32)15-23(39-4)28(19)43-11-10-33/h8-9,12-15,27H,6-7,11,16H2,1-5H3/b24-14+/t27-/m1/s1. The lowest BCUT2D eigenvalue weighted by Gasteiger charge is -2.25. The van der Waals surface area contributed by atoms with Crippen molar-refractivity contribution in [1.29, 1.82) is 5.26 Å². The zero-order chi connectivity index (χ0) is 32.7. The van der Waals surface area contributed by atoms with E-state index in [1.807, 2.05) is 6.07 Å². The first-order valence-electron chi connectivity index (χ1n) is 13.7. The molecule has 0 radical (unpaired) electrons. The highest BCUT2D eigenvalue weighted by Crippen LogP contribution is 2.37. The number of methoxy groups -OCH3 is 2. The van der Waals surface area contributed by atoms with Crippen molar-refractivity contribution < 1.29 is 38.0 Å². The summed E-state index contributed by atoms with van der Waals surface area (Å²) in [6, 6.07) is 9.38. The number of fused-ring (bicyclic) bond motifs is 1. The van der Waals surface area contributed by atoms with Gasteiger partial charge in [-0.3, -0.25) is 9.36 Å². The van der Waals surface area contributed by atoms with E-state index in [1.165, 1.54) is 18.8 Å². The second-order valence-corrected chi connectivity index (χ2v) is 11.2. The zero-order valence-electron chi connectivity index (χ0n) is 25.2. The number of allylic oxidation sites excluding steroid dienone is 1. The van der Waals surface area contributed by atoms with Gasteiger partial charge in [-0.25, -0.2) is 14.6 Å². The topological polar surface area (TPSA) is 148 Å². The zero-order valence-corrected chi connectivity index (χ0v) is 27.6. The molecule has 1 aliphatic heterocycles. The first-order valence-corrected chi connectivity index (χ1v) is 15.3. The normalized spacial score (nSPS) is 14.2. The average Bonchev–Trinajstić information content (AvgIpc) is 3.32.